The first-order valence-electron chi connectivity index (χ1n) is 4.47. The van der Waals surface area contributed by atoms with Crippen molar-refractivity contribution in [3.8, 4) is 0 Å². The second-order valence-electron chi connectivity index (χ2n) is 3.01. The van der Waals surface area contributed by atoms with Crippen molar-refractivity contribution in [1.29, 1.82) is 0 Å². The fraction of sp³-hybridized carbons (Fsp3) is 0.0833. The van der Waals surface area contributed by atoms with E-state index in [1.165, 1.54) is 6.07 Å². The van der Waals surface area contributed by atoms with Crippen LogP contribution in [-0.4, -0.2) is 0 Å². The van der Waals surface area contributed by atoms with Crippen LogP contribution < -0.4 is 5.43 Å². The van der Waals surface area contributed by atoms with Gasteiger partial charge in [-0.3, -0.25) is 4.79 Å². The molecule has 2 rings (SSSR count). The summed E-state index contributed by atoms with van der Waals surface area (Å²) in [6, 6.07) is 8.74. The highest BCUT2D eigenvalue weighted by Crippen LogP contribution is 2.12. The van der Waals surface area contributed by atoms with E-state index in [1.54, 1.807) is 18.2 Å². The van der Waals surface area contributed by atoms with Gasteiger partial charge in [0.25, 0.3) is 0 Å². The van der Waals surface area contributed by atoms with Crippen molar-refractivity contribution in [2.75, 3.05) is 0 Å². The van der Waals surface area contributed by atoms with Crippen molar-refractivity contribution < 1.29 is 4.42 Å². The minimum absolute atomic E-state index is 0.0000463. The quantitative estimate of drug-likeness (QED) is 0.685. The summed E-state index contributed by atoms with van der Waals surface area (Å²) in [5.74, 6) is 0.594. The number of hydrogen-bond donors (Lipinski definition) is 0. The summed E-state index contributed by atoms with van der Waals surface area (Å²) in [7, 11) is 0. The van der Waals surface area contributed by atoms with Crippen LogP contribution >= 0.6 is 0 Å². The zero-order valence-corrected chi connectivity index (χ0v) is 7.86. The number of rotatable bonds is 1. The van der Waals surface area contributed by atoms with E-state index < -0.39 is 0 Å². The Kier molecular flexibility index (Phi) is 2.19. The number of hydrogen-bond acceptors (Lipinski definition) is 2. The average Bonchev–Trinajstić information content (AvgIpc) is 2.18. The first-order chi connectivity index (χ1) is 6.81. The van der Waals surface area contributed by atoms with Gasteiger partial charge in [-0.15, -0.1) is 0 Å². The first kappa shape index (κ1) is 8.75. The van der Waals surface area contributed by atoms with Crippen LogP contribution in [0.3, 0.4) is 0 Å². The Labute approximate surface area is 81.5 Å². The van der Waals surface area contributed by atoms with Gasteiger partial charge in [0, 0.05) is 6.07 Å². The lowest BCUT2D eigenvalue weighted by atomic mass is 10.2. The molecule has 0 fully saturated rings. The zero-order valence-electron chi connectivity index (χ0n) is 7.86. The van der Waals surface area contributed by atoms with Crippen LogP contribution in [0.5, 0.6) is 0 Å². The lowest BCUT2D eigenvalue weighted by Crippen LogP contribution is -1.99. The molecule has 2 heteroatoms. The molecule has 0 radical (unpaired) electrons. The summed E-state index contributed by atoms with van der Waals surface area (Å²) in [6.45, 7) is 1.88. The standard InChI is InChI=1S/C12H10O2/c1-2-5-9-8-11(13)10-6-3-4-7-12(10)14-9/h2-8H,1H3/b5-2+. The molecule has 0 saturated heterocycles. The maximum absolute atomic E-state index is 11.6. The summed E-state index contributed by atoms with van der Waals surface area (Å²) >= 11 is 0. The van der Waals surface area contributed by atoms with Crippen LogP contribution in [0.1, 0.15) is 12.7 Å². The maximum Gasteiger partial charge on any atom is 0.193 e. The minimum Gasteiger partial charge on any atom is -0.456 e. The van der Waals surface area contributed by atoms with E-state index in [-0.39, 0.29) is 5.43 Å². The first-order valence-corrected chi connectivity index (χ1v) is 4.47. The van der Waals surface area contributed by atoms with Gasteiger partial charge < -0.3 is 4.42 Å². The van der Waals surface area contributed by atoms with Gasteiger partial charge in [0.1, 0.15) is 11.3 Å². The number of fused-ring (bicyclic) bond motifs is 1. The van der Waals surface area contributed by atoms with Crippen molar-refractivity contribution in [1.82, 2.24) is 0 Å². The molecule has 14 heavy (non-hydrogen) atoms. The average molecular weight is 186 g/mol. The van der Waals surface area contributed by atoms with Crippen LogP contribution in [0, 0.1) is 0 Å². The molecule has 70 valence electrons. The van der Waals surface area contributed by atoms with Crippen molar-refractivity contribution in [3.63, 3.8) is 0 Å². The van der Waals surface area contributed by atoms with E-state index in [0.29, 0.717) is 16.7 Å². The SMILES string of the molecule is C/C=C/c1cc(=O)c2ccccc2o1. The van der Waals surface area contributed by atoms with E-state index in [4.69, 9.17) is 4.42 Å². The number of allylic oxidation sites excluding steroid dienone is 1. The van der Waals surface area contributed by atoms with Gasteiger partial charge in [-0.1, -0.05) is 18.2 Å². The second kappa shape index (κ2) is 3.50. The second-order valence-corrected chi connectivity index (χ2v) is 3.01. The molecular weight excluding hydrogens is 176 g/mol. The van der Waals surface area contributed by atoms with Crippen LogP contribution in [0.25, 0.3) is 17.0 Å². The lowest BCUT2D eigenvalue weighted by Gasteiger charge is -1.97. The van der Waals surface area contributed by atoms with Crippen molar-refractivity contribution in [2.45, 2.75) is 6.92 Å². The molecular formula is C12H10O2. The van der Waals surface area contributed by atoms with Crippen LogP contribution in [0.15, 0.2) is 45.6 Å². The summed E-state index contributed by atoms with van der Waals surface area (Å²) in [6.07, 6.45) is 3.61. The van der Waals surface area contributed by atoms with Gasteiger partial charge in [-0.05, 0) is 25.1 Å². The Hall–Kier alpha value is -1.83. The largest absolute Gasteiger partial charge is 0.456 e. The number of benzene rings is 1. The Morgan fingerprint density at radius 2 is 2.07 bits per heavy atom. The predicted octanol–water partition coefficient (Wildman–Crippen LogP) is 2.83. The monoisotopic (exact) mass is 186 g/mol. The highest BCUT2D eigenvalue weighted by atomic mass is 16.3. The molecule has 2 aromatic rings. The van der Waals surface area contributed by atoms with Crippen LogP contribution in [0.4, 0.5) is 0 Å². The topological polar surface area (TPSA) is 30.2 Å². The fourth-order valence-corrected chi connectivity index (χ4v) is 1.37. The molecule has 2 nitrogen and oxygen atoms in total. The van der Waals surface area contributed by atoms with Gasteiger partial charge in [0.05, 0.1) is 5.39 Å². The maximum atomic E-state index is 11.6. The van der Waals surface area contributed by atoms with E-state index in [0.717, 1.165) is 0 Å². The zero-order chi connectivity index (χ0) is 9.97. The molecule has 0 aliphatic heterocycles. The summed E-state index contributed by atoms with van der Waals surface area (Å²) in [5.41, 5.74) is 0.632. The predicted molar refractivity (Wildman–Crippen MR) is 57.2 cm³/mol. The van der Waals surface area contributed by atoms with Gasteiger partial charge in [0.15, 0.2) is 5.43 Å². The Bertz CT molecular complexity index is 535. The van der Waals surface area contributed by atoms with Crippen LogP contribution in [0.2, 0.25) is 0 Å². The van der Waals surface area contributed by atoms with Crippen molar-refractivity contribution in [3.05, 3.63) is 52.4 Å². The highest BCUT2D eigenvalue weighted by Gasteiger charge is 2.00. The highest BCUT2D eigenvalue weighted by molar-refractivity contribution is 5.76. The third-order valence-electron chi connectivity index (χ3n) is 1.98. The fourth-order valence-electron chi connectivity index (χ4n) is 1.37. The molecule has 1 heterocycles. The molecule has 0 saturated carbocycles. The molecule has 0 spiro atoms. The molecule has 0 amide bonds. The van der Waals surface area contributed by atoms with E-state index >= 15 is 0 Å². The molecule has 0 aliphatic rings. The molecule has 0 atom stereocenters. The molecule has 1 aromatic heterocycles. The van der Waals surface area contributed by atoms with Gasteiger partial charge >= 0.3 is 0 Å². The Morgan fingerprint density at radius 1 is 1.29 bits per heavy atom. The van der Waals surface area contributed by atoms with Gasteiger partial charge in [-0.2, -0.15) is 0 Å². The van der Waals surface area contributed by atoms with E-state index in [2.05, 4.69) is 0 Å². The van der Waals surface area contributed by atoms with E-state index in [9.17, 15) is 4.79 Å². The number of para-hydroxylation sites is 1. The molecule has 0 unspecified atom stereocenters. The summed E-state index contributed by atoms with van der Waals surface area (Å²) < 4.78 is 5.50. The Morgan fingerprint density at radius 3 is 2.86 bits per heavy atom. The smallest absolute Gasteiger partial charge is 0.193 e. The summed E-state index contributed by atoms with van der Waals surface area (Å²) in [5, 5.41) is 0.626. The third kappa shape index (κ3) is 1.46. The normalized spacial score (nSPS) is 11.2. The third-order valence-corrected chi connectivity index (χ3v) is 1.98. The molecule has 1 aromatic carbocycles. The van der Waals surface area contributed by atoms with Gasteiger partial charge in [0.2, 0.25) is 0 Å². The van der Waals surface area contributed by atoms with E-state index in [1.807, 2.05) is 25.1 Å². The van der Waals surface area contributed by atoms with Crippen molar-refractivity contribution >= 4 is 17.0 Å². The lowest BCUT2D eigenvalue weighted by molar-refractivity contribution is 0.590. The molecule has 0 bridgehead atoms. The van der Waals surface area contributed by atoms with Crippen LogP contribution in [-0.2, 0) is 0 Å². The summed E-state index contributed by atoms with van der Waals surface area (Å²) in [4.78, 5) is 11.6. The Balaban J connectivity index is 2.79. The minimum atomic E-state index is -0.0000463. The molecule has 0 N–H and O–H groups in total. The molecule has 0 aliphatic carbocycles. The van der Waals surface area contributed by atoms with Crippen molar-refractivity contribution in [2.24, 2.45) is 0 Å². The van der Waals surface area contributed by atoms with Gasteiger partial charge in [-0.25, -0.2) is 0 Å².